The fourth-order valence-electron chi connectivity index (χ4n) is 3.50. The molecule has 34 heavy (non-hydrogen) atoms. The van der Waals surface area contributed by atoms with E-state index < -0.39 is 24.3 Å². The summed E-state index contributed by atoms with van der Waals surface area (Å²) in [6, 6.07) is 3.88. The van der Waals surface area contributed by atoms with Crippen molar-refractivity contribution in [2.24, 2.45) is 11.8 Å². The second-order valence-corrected chi connectivity index (χ2v) is 8.12. The molecule has 8 nitrogen and oxygen atoms in total. The molecule has 1 aromatic heterocycles. The van der Waals surface area contributed by atoms with E-state index in [1.54, 1.807) is 12.4 Å². The van der Waals surface area contributed by atoms with Crippen molar-refractivity contribution in [3.05, 3.63) is 24.5 Å². The molecule has 3 aliphatic rings. The standard InChI is InChI=1S/C16H22N2O2.2C2HF3O2/c1-2-15(8-17-6-1)19-10-14-5-7-20-16(14)11-18(12-16)9-13-3-4-13;2*3-2(4,5)1(6)7/h1-2,6,8,13-14H,3-5,7,9-12H2;2*(H,6,7). The van der Waals surface area contributed by atoms with Crippen molar-refractivity contribution in [2.45, 2.75) is 37.2 Å². The van der Waals surface area contributed by atoms with Gasteiger partial charge in [-0.1, -0.05) is 0 Å². The van der Waals surface area contributed by atoms with E-state index in [0.717, 1.165) is 44.4 Å². The summed E-state index contributed by atoms with van der Waals surface area (Å²) in [5.41, 5.74) is 0.0805. The number of pyridine rings is 1. The maximum atomic E-state index is 10.6. The smallest absolute Gasteiger partial charge is 0.490 e. The van der Waals surface area contributed by atoms with Gasteiger partial charge in [0.15, 0.2) is 0 Å². The Bertz CT molecular complexity index is 786. The quantitative estimate of drug-likeness (QED) is 0.591. The van der Waals surface area contributed by atoms with Gasteiger partial charge in [-0.3, -0.25) is 9.88 Å². The zero-order valence-corrected chi connectivity index (χ0v) is 17.8. The Kier molecular flexibility index (Phi) is 9.11. The summed E-state index contributed by atoms with van der Waals surface area (Å²) in [6.07, 6.45) is -2.63. The molecular formula is C20H24F6N2O6. The van der Waals surface area contributed by atoms with E-state index in [2.05, 4.69) is 9.88 Å². The van der Waals surface area contributed by atoms with Gasteiger partial charge in [0.25, 0.3) is 0 Å². The van der Waals surface area contributed by atoms with Crippen LogP contribution in [0.3, 0.4) is 0 Å². The second-order valence-electron chi connectivity index (χ2n) is 8.12. The highest BCUT2D eigenvalue weighted by Gasteiger charge is 2.53. The Labute approximate surface area is 190 Å². The lowest BCUT2D eigenvalue weighted by molar-refractivity contribution is -0.193. The number of likely N-dealkylation sites (tertiary alicyclic amines) is 1. The Morgan fingerprint density at radius 1 is 1.09 bits per heavy atom. The maximum Gasteiger partial charge on any atom is 0.490 e. The number of hydrogen-bond acceptors (Lipinski definition) is 6. The van der Waals surface area contributed by atoms with Gasteiger partial charge in [-0.25, -0.2) is 9.59 Å². The molecule has 0 bridgehead atoms. The maximum absolute atomic E-state index is 10.6. The molecule has 1 unspecified atom stereocenters. The monoisotopic (exact) mass is 502 g/mol. The van der Waals surface area contributed by atoms with E-state index in [1.807, 2.05) is 12.1 Å². The van der Waals surface area contributed by atoms with Crippen LogP contribution in [0.1, 0.15) is 19.3 Å². The van der Waals surface area contributed by atoms with Crippen LogP contribution in [0.25, 0.3) is 0 Å². The molecule has 0 radical (unpaired) electrons. The molecule has 3 heterocycles. The fourth-order valence-corrected chi connectivity index (χ4v) is 3.50. The lowest BCUT2D eigenvalue weighted by Crippen LogP contribution is -2.65. The summed E-state index contributed by atoms with van der Waals surface area (Å²) in [5, 5.41) is 14.2. The number of hydrogen-bond donors (Lipinski definition) is 2. The number of carboxylic acid groups (broad SMARTS) is 2. The van der Waals surface area contributed by atoms with Crippen LogP contribution in [0.15, 0.2) is 24.5 Å². The van der Waals surface area contributed by atoms with Gasteiger partial charge in [-0.05, 0) is 37.3 Å². The zero-order chi connectivity index (χ0) is 25.6. The second kappa shape index (κ2) is 11.2. The molecule has 1 aliphatic carbocycles. The van der Waals surface area contributed by atoms with E-state index in [4.69, 9.17) is 29.3 Å². The molecule has 1 atom stereocenters. The molecule has 1 saturated carbocycles. The number of aromatic nitrogens is 1. The third-order valence-corrected chi connectivity index (χ3v) is 5.37. The van der Waals surface area contributed by atoms with Crippen LogP contribution < -0.4 is 4.74 Å². The topological polar surface area (TPSA) is 109 Å². The number of aliphatic carboxylic acids is 2. The molecule has 14 heteroatoms. The van der Waals surface area contributed by atoms with Gasteiger partial charge in [-0.15, -0.1) is 0 Å². The molecule has 3 fully saturated rings. The number of alkyl halides is 6. The number of nitrogens with zero attached hydrogens (tertiary/aromatic N) is 2. The highest BCUT2D eigenvalue weighted by molar-refractivity contribution is 5.73. The Morgan fingerprint density at radius 3 is 2.09 bits per heavy atom. The molecule has 4 rings (SSSR count). The van der Waals surface area contributed by atoms with Crippen molar-refractivity contribution in [2.75, 3.05) is 32.8 Å². The van der Waals surface area contributed by atoms with Crippen molar-refractivity contribution in [1.82, 2.24) is 9.88 Å². The molecule has 1 spiro atoms. The van der Waals surface area contributed by atoms with E-state index in [0.29, 0.717) is 5.92 Å². The minimum atomic E-state index is -5.08. The average molecular weight is 502 g/mol. The molecular weight excluding hydrogens is 478 g/mol. The highest BCUT2D eigenvalue weighted by atomic mass is 19.4. The Balaban J connectivity index is 0.000000244. The van der Waals surface area contributed by atoms with Gasteiger partial charge in [0.2, 0.25) is 0 Å². The Morgan fingerprint density at radius 2 is 1.65 bits per heavy atom. The minimum Gasteiger partial charge on any atom is -0.492 e. The van der Waals surface area contributed by atoms with Gasteiger partial charge in [0, 0.05) is 38.4 Å². The molecule has 192 valence electrons. The summed E-state index contributed by atoms with van der Waals surface area (Å²) in [4.78, 5) is 24.4. The largest absolute Gasteiger partial charge is 0.492 e. The zero-order valence-electron chi connectivity index (χ0n) is 17.8. The molecule has 0 aromatic carbocycles. The van der Waals surface area contributed by atoms with Crippen molar-refractivity contribution in [3.8, 4) is 5.75 Å². The van der Waals surface area contributed by atoms with Crippen LogP contribution in [-0.4, -0.2) is 82.8 Å². The first kappa shape index (κ1) is 27.6. The number of carboxylic acids is 2. The van der Waals surface area contributed by atoms with E-state index >= 15 is 0 Å². The molecule has 2 aliphatic heterocycles. The van der Waals surface area contributed by atoms with Crippen LogP contribution in [0, 0.1) is 11.8 Å². The first-order valence-electron chi connectivity index (χ1n) is 10.2. The number of ether oxygens (including phenoxy) is 2. The van der Waals surface area contributed by atoms with Crippen LogP contribution in [0.5, 0.6) is 5.75 Å². The number of halogens is 6. The van der Waals surface area contributed by atoms with Gasteiger partial charge in [0.05, 0.1) is 18.4 Å². The highest BCUT2D eigenvalue weighted by Crippen LogP contribution is 2.42. The lowest BCUT2D eigenvalue weighted by atomic mass is 9.81. The fraction of sp³-hybridized carbons (Fsp3) is 0.650. The summed E-state index contributed by atoms with van der Waals surface area (Å²) in [5.74, 6) is -3.15. The third kappa shape index (κ3) is 8.63. The van der Waals surface area contributed by atoms with Crippen LogP contribution in [0.2, 0.25) is 0 Å². The first-order valence-corrected chi connectivity index (χ1v) is 10.2. The summed E-state index contributed by atoms with van der Waals surface area (Å²) in [7, 11) is 0. The summed E-state index contributed by atoms with van der Waals surface area (Å²) >= 11 is 0. The predicted molar refractivity (Wildman–Crippen MR) is 103 cm³/mol. The third-order valence-electron chi connectivity index (χ3n) is 5.37. The van der Waals surface area contributed by atoms with Crippen molar-refractivity contribution < 1.29 is 55.6 Å². The SMILES string of the molecule is O=C(O)C(F)(F)F.O=C(O)C(F)(F)F.c1cncc(OCC2CCOC23CN(CC2CC2)C3)c1. The summed E-state index contributed by atoms with van der Waals surface area (Å²) in [6.45, 7) is 5.12. The van der Waals surface area contributed by atoms with Gasteiger partial charge in [-0.2, -0.15) is 26.3 Å². The van der Waals surface area contributed by atoms with Crippen molar-refractivity contribution in [3.63, 3.8) is 0 Å². The van der Waals surface area contributed by atoms with E-state index in [-0.39, 0.29) is 5.60 Å². The van der Waals surface area contributed by atoms with Crippen LogP contribution in [-0.2, 0) is 14.3 Å². The molecule has 2 saturated heterocycles. The Hall–Kier alpha value is -2.61. The van der Waals surface area contributed by atoms with Gasteiger partial charge >= 0.3 is 24.3 Å². The van der Waals surface area contributed by atoms with Crippen molar-refractivity contribution >= 4 is 11.9 Å². The molecule has 2 N–H and O–H groups in total. The van der Waals surface area contributed by atoms with Gasteiger partial charge < -0.3 is 19.7 Å². The van der Waals surface area contributed by atoms with Crippen LogP contribution in [0.4, 0.5) is 26.3 Å². The first-order chi connectivity index (χ1) is 15.7. The molecule has 0 amide bonds. The summed E-state index contributed by atoms with van der Waals surface area (Å²) < 4.78 is 75.4. The van der Waals surface area contributed by atoms with E-state index in [9.17, 15) is 26.3 Å². The average Bonchev–Trinajstić information content (AvgIpc) is 3.43. The van der Waals surface area contributed by atoms with Gasteiger partial charge in [0.1, 0.15) is 5.75 Å². The lowest BCUT2D eigenvalue weighted by Gasteiger charge is -2.50. The van der Waals surface area contributed by atoms with Crippen LogP contribution >= 0.6 is 0 Å². The molecule has 1 aromatic rings. The number of carbonyl (C=O) groups is 2. The predicted octanol–water partition coefficient (Wildman–Crippen LogP) is 3.23. The number of rotatable bonds is 5. The van der Waals surface area contributed by atoms with Crippen molar-refractivity contribution in [1.29, 1.82) is 0 Å². The normalized spacial score (nSPS) is 21.4. The van der Waals surface area contributed by atoms with E-state index in [1.165, 1.54) is 19.4 Å². The minimum absolute atomic E-state index is 0.0805.